The number of aryl methyl sites for hydroxylation is 2. The summed E-state index contributed by atoms with van der Waals surface area (Å²) in [5.41, 5.74) is 5.97. The highest BCUT2D eigenvalue weighted by molar-refractivity contribution is 8.00. The van der Waals surface area contributed by atoms with Crippen LogP contribution in [0.2, 0.25) is 0 Å². The number of amides is 1. The first kappa shape index (κ1) is 22.7. The predicted molar refractivity (Wildman–Crippen MR) is 142 cm³/mol. The van der Waals surface area contributed by atoms with E-state index in [4.69, 9.17) is 10.1 Å². The summed E-state index contributed by atoms with van der Waals surface area (Å²) >= 11 is 1.83. The highest BCUT2D eigenvalue weighted by atomic mass is 32.2. The van der Waals surface area contributed by atoms with Gasteiger partial charge < -0.3 is 14.1 Å². The molecule has 0 saturated carbocycles. The summed E-state index contributed by atoms with van der Waals surface area (Å²) < 4.78 is 4.20. The van der Waals surface area contributed by atoms with Gasteiger partial charge in [-0.1, -0.05) is 11.6 Å². The van der Waals surface area contributed by atoms with Crippen molar-refractivity contribution in [3.05, 3.63) is 52.8 Å². The van der Waals surface area contributed by atoms with Gasteiger partial charge in [-0.3, -0.25) is 4.79 Å². The topological polar surface area (TPSA) is 57.0 Å². The maximum atomic E-state index is 14.0. The first-order chi connectivity index (χ1) is 17.1. The van der Waals surface area contributed by atoms with Crippen molar-refractivity contribution in [2.24, 2.45) is 0 Å². The van der Waals surface area contributed by atoms with E-state index in [0.29, 0.717) is 0 Å². The molecule has 0 aliphatic carbocycles. The van der Waals surface area contributed by atoms with Crippen LogP contribution in [-0.4, -0.2) is 57.3 Å². The van der Waals surface area contributed by atoms with Crippen molar-refractivity contribution in [1.82, 2.24) is 19.5 Å². The van der Waals surface area contributed by atoms with Crippen LogP contribution in [-0.2, 0) is 0 Å². The molecule has 3 aromatic rings. The van der Waals surface area contributed by atoms with Crippen molar-refractivity contribution in [2.75, 3.05) is 41.1 Å². The van der Waals surface area contributed by atoms with Crippen molar-refractivity contribution < 1.29 is 4.79 Å². The third-order valence-electron chi connectivity index (χ3n) is 7.54. The Morgan fingerprint density at radius 3 is 2.63 bits per heavy atom. The van der Waals surface area contributed by atoms with Gasteiger partial charge in [0.05, 0.1) is 23.0 Å². The van der Waals surface area contributed by atoms with Gasteiger partial charge in [-0.2, -0.15) is 5.10 Å². The van der Waals surface area contributed by atoms with Gasteiger partial charge in [-0.05, 0) is 76.5 Å². The fourth-order valence-electron chi connectivity index (χ4n) is 5.74. The van der Waals surface area contributed by atoms with Crippen molar-refractivity contribution in [3.8, 4) is 0 Å². The number of nitrogens with zero attached hydrogens (tertiary/aromatic N) is 6. The predicted octanol–water partition coefficient (Wildman–Crippen LogP) is 5.17. The highest BCUT2D eigenvalue weighted by Gasteiger charge is 2.33. The highest BCUT2D eigenvalue weighted by Crippen LogP contribution is 2.37. The van der Waals surface area contributed by atoms with E-state index in [1.807, 2.05) is 16.5 Å². The van der Waals surface area contributed by atoms with Gasteiger partial charge in [-0.25, -0.2) is 9.50 Å². The van der Waals surface area contributed by atoms with Crippen LogP contribution < -0.4 is 9.21 Å². The molecule has 8 heteroatoms. The summed E-state index contributed by atoms with van der Waals surface area (Å²) in [4.78, 5) is 23.5. The van der Waals surface area contributed by atoms with E-state index in [2.05, 4.69) is 58.4 Å². The molecule has 1 amide bonds. The van der Waals surface area contributed by atoms with Gasteiger partial charge in [0.25, 0.3) is 5.91 Å². The molecule has 1 atom stereocenters. The van der Waals surface area contributed by atoms with Gasteiger partial charge in [0.1, 0.15) is 5.82 Å². The molecule has 3 aliphatic rings. The van der Waals surface area contributed by atoms with Gasteiger partial charge >= 0.3 is 0 Å². The van der Waals surface area contributed by atoms with E-state index < -0.39 is 0 Å². The van der Waals surface area contributed by atoms with Crippen molar-refractivity contribution in [2.45, 2.75) is 58.4 Å². The van der Waals surface area contributed by atoms with Crippen molar-refractivity contribution >= 4 is 35.0 Å². The van der Waals surface area contributed by atoms with E-state index >= 15 is 0 Å². The van der Waals surface area contributed by atoms with Gasteiger partial charge in [0, 0.05) is 49.8 Å². The second-order valence-corrected chi connectivity index (χ2v) is 11.2. The van der Waals surface area contributed by atoms with E-state index in [-0.39, 0.29) is 11.9 Å². The largest absolute Gasteiger partial charge is 0.356 e. The number of anilines is 2. The average Bonchev–Trinajstić information content (AvgIpc) is 3.65. The number of carbonyl (C=O) groups excluding carboxylic acids is 1. The quantitative estimate of drug-likeness (QED) is 0.470. The number of hydrogen-bond donors (Lipinski definition) is 0. The normalized spacial score (nSPS) is 20.9. The maximum absolute atomic E-state index is 14.0. The Morgan fingerprint density at radius 1 is 1.00 bits per heavy atom. The van der Waals surface area contributed by atoms with E-state index in [1.54, 1.807) is 0 Å². The fraction of sp³-hybridized carbons (Fsp3) is 0.519. The van der Waals surface area contributed by atoms with Crippen molar-refractivity contribution in [3.63, 3.8) is 0 Å². The van der Waals surface area contributed by atoms with Gasteiger partial charge in [0.15, 0.2) is 5.65 Å². The number of hydrogen-bond acceptors (Lipinski definition) is 6. The summed E-state index contributed by atoms with van der Waals surface area (Å²) in [6.07, 6.45) is 8.79. The number of benzene rings is 1. The van der Waals surface area contributed by atoms with Crippen LogP contribution in [0, 0.1) is 13.8 Å². The van der Waals surface area contributed by atoms with Crippen LogP contribution in [0.5, 0.6) is 0 Å². The molecular weight excluding hydrogens is 456 g/mol. The first-order valence-electron chi connectivity index (χ1n) is 13.0. The minimum absolute atomic E-state index is 0.0203. The number of piperidine rings is 1. The lowest BCUT2D eigenvalue weighted by Crippen LogP contribution is -2.39. The second kappa shape index (κ2) is 9.37. The van der Waals surface area contributed by atoms with Crippen LogP contribution in [0.15, 0.2) is 30.5 Å². The molecular formula is C27H34N6OS. The van der Waals surface area contributed by atoms with E-state index in [9.17, 15) is 4.79 Å². The summed E-state index contributed by atoms with van der Waals surface area (Å²) in [5, 5.41) is 4.94. The molecule has 2 aromatic heterocycles. The Hall–Kier alpha value is -2.74. The molecule has 0 N–H and O–H groups in total. The molecule has 35 heavy (non-hydrogen) atoms. The standard InChI is InChI=1S/C27H34N6OS/c1-19-9-10-23(33-14-7-15-35-33)21(16-19)27(34)31-13-4-3-8-24(31)22-17-25-28-26(30-11-5-6-12-30)20(2)18-32(25)29-22/h9-10,16-18,24H,3-8,11-15H2,1-2H3/t24-/m0/s1. The molecule has 0 bridgehead atoms. The average molecular weight is 491 g/mol. The Morgan fingerprint density at radius 2 is 1.83 bits per heavy atom. The molecule has 7 nitrogen and oxygen atoms in total. The van der Waals surface area contributed by atoms with Crippen LogP contribution >= 0.6 is 11.9 Å². The lowest BCUT2D eigenvalue weighted by molar-refractivity contribution is 0.0606. The number of fused-ring (bicyclic) bond motifs is 1. The second-order valence-electron chi connectivity index (χ2n) is 10.1. The van der Waals surface area contributed by atoms with Gasteiger partial charge in [-0.15, -0.1) is 0 Å². The molecule has 3 aliphatic heterocycles. The zero-order valence-electron chi connectivity index (χ0n) is 20.7. The van der Waals surface area contributed by atoms with Crippen LogP contribution in [0.25, 0.3) is 5.65 Å². The summed E-state index contributed by atoms with van der Waals surface area (Å²) in [6.45, 7) is 8.10. The Labute approximate surface area is 211 Å². The van der Waals surface area contributed by atoms with Crippen LogP contribution in [0.1, 0.15) is 71.7 Å². The Balaban J connectivity index is 1.34. The minimum Gasteiger partial charge on any atom is -0.356 e. The molecule has 184 valence electrons. The SMILES string of the molecule is Cc1ccc(N2CCCS2)c(C(=O)N2CCCC[C@H]2c2cc3nc(N4CCCC4)c(C)cn3n2)c1. The van der Waals surface area contributed by atoms with Crippen LogP contribution in [0.3, 0.4) is 0 Å². The monoisotopic (exact) mass is 490 g/mol. The maximum Gasteiger partial charge on any atom is 0.256 e. The summed E-state index contributed by atoms with van der Waals surface area (Å²) in [5.74, 6) is 2.31. The lowest BCUT2D eigenvalue weighted by atomic mass is 9.97. The zero-order valence-corrected chi connectivity index (χ0v) is 21.6. The molecule has 3 saturated heterocycles. The Bertz CT molecular complexity index is 1240. The number of rotatable bonds is 4. The number of aromatic nitrogens is 3. The molecule has 6 rings (SSSR count). The van der Waals surface area contributed by atoms with E-state index in [1.165, 1.54) is 12.8 Å². The zero-order chi connectivity index (χ0) is 23.9. The third kappa shape index (κ3) is 4.26. The first-order valence-corrected chi connectivity index (χ1v) is 14.0. The van der Waals surface area contributed by atoms with Gasteiger partial charge in [0.2, 0.25) is 0 Å². The molecule has 1 aromatic carbocycles. The smallest absolute Gasteiger partial charge is 0.256 e. The Kier molecular flexibility index (Phi) is 6.08. The number of likely N-dealkylation sites (tertiary alicyclic amines) is 1. The molecule has 0 spiro atoms. The van der Waals surface area contributed by atoms with Crippen molar-refractivity contribution in [1.29, 1.82) is 0 Å². The minimum atomic E-state index is -0.0203. The summed E-state index contributed by atoms with van der Waals surface area (Å²) in [7, 11) is 0. The van der Waals surface area contributed by atoms with Crippen LogP contribution in [0.4, 0.5) is 11.5 Å². The molecule has 3 fully saturated rings. The summed E-state index contributed by atoms with van der Waals surface area (Å²) in [6, 6.07) is 8.39. The molecule has 0 radical (unpaired) electrons. The lowest BCUT2D eigenvalue weighted by Gasteiger charge is -2.35. The third-order valence-corrected chi connectivity index (χ3v) is 8.70. The van der Waals surface area contributed by atoms with E-state index in [0.717, 1.165) is 97.2 Å². The number of carbonyl (C=O) groups is 1. The molecule has 0 unspecified atom stereocenters. The fourth-order valence-corrected chi connectivity index (χ4v) is 6.78. The molecule has 5 heterocycles.